The summed E-state index contributed by atoms with van der Waals surface area (Å²) in [6.45, 7) is 0. The number of aldehydes is 1. The predicted molar refractivity (Wildman–Crippen MR) is 46.7 cm³/mol. The van der Waals surface area contributed by atoms with E-state index in [0.29, 0.717) is 16.2 Å². The molecule has 0 saturated carbocycles. The number of pyridine rings is 1. The van der Waals surface area contributed by atoms with E-state index in [0.717, 1.165) is 11.8 Å². The topological polar surface area (TPSA) is 30.0 Å². The quantitative estimate of drug-likeness (QED) is 0.580. The van der Waals surface area contributed by atoms with Crippen molar-refractivity contribution >= 4 is 33.8 Å². The normalized spacial score (nSPS) is 9.64. The van der Waals surface area contributed by atoms with Crippen molar-refractivity contribution in [3.05, 3.63) is 27.5 Å². The lowest BCUT2D eigenvalue weighted by Gasteiger charge is -1.97. The molecule has 0 fully saturated rings. The molecule has 4 heteroatoms. The first-order valence-corrected chi connectivity index (χ1v) is 4.15. The molecule has 58 valence electrons. The van der Waals surface area contributed by atoms with Crippen LogP contribution in [0.1, 0.15) is 5.56 Å². The van der Waals surface area contributed by atoms with E-state index in [2.05, 4.69) is 20.9 Å². The molecule has 0 aromatic carbocycles. The van der Waals surface area contributed by atoms with E-state index in [9.17, 15) is 4.79 Å². The van der Waals surface area contributed by atoms with Gasteiger partial charge in [-0.3, -0.25) is 0 Å². The molecule has 0 atom stereocenters. The molecule has 0 bridgehead atoms. The number of hydrogen-bond acceptors (Lipinski definition) is 2. The molecule has 1 heterocycles. The van der Waals surface area contributed by atoms with Gasteiger partial charge in [-0.15, -0.1) is 0 Å². The number of hydrogen-bond donors (Lipinski definition) is 0. The van der Waals surface area contributed by atoms with Gasteiger partial charge in [0, 0.05) is 6.42 Å². The molecule has 1 rings (SSSR count). The second-order valence-electron chi connectivity index (χ2n) is 1.95. The van der Waals surface area contributed by atoms with Crippen LogP contribution in [0.3, 0.4) is 0 Å². The van der Waals surface area contributed by atoms with Crippen molar-refractivity contribution in [3.8, 4) is 0 Å². The smallest absolute Gasteiger partial charge is 0.130 e. The largest absolute Gasteiger partial charge is 0.303 e. The number of aromatic nitrogens is 1. The van der Waals surface area contributed by atoms with E-state index in [1.54, 1.807) is 12.1 Å². The van der Waals surface area contributed by atoms with Crippen LogP contribution in [-0.2, 0) is 11.2 Å². The lowest BCUT2D eigenvalue weighted by atomic mass is 10.2. The SMILES string of the molecule is O=CCc1ccc(Cl)nc1Br. The first-order valence-electron chi connectivity index (χ1n) is 2.98. The van der Waals surface area contributed by atoms with E-state index >= 15 is 0 Å². The second-order valence-corrected chi connectivity index (χ2v) is 3.09. The summed E-state index contributed by atoms with van der Waals surface area (Å²) in [6.07, 6.45) is 1.19. The third kappa shape index (κ3) is 2.27. The molecule has 0 amide bonds. The van der Waals surface area contributed by atoms with E-state index in [-0.39, 0.29) is 0 Å². The first-order chi connectivity index (χ1) is 5.24. The van der Waals surface area contributed by atoms with E-state index < -0.39 is 0 Å². The molecule has 0 unspecified atom stereocenters. The van der Waals surface area contributed by atoms with Gasteiger partial charge in [0.05, 0.1) is 0 Å². The van der Waals surface area contributed by atoms with Crippen molar-refractivity contribution < 1.29 is 4.79 Å². The van der Waals surface area contributed by atoms with Crippen LogP contribution >= 0.6 is 27.5 Å². The van der Waals surface area contributed by atoms with Crippen molar-refractivity contribution in [2.45, 2.75) is 6.42 Å². The third-order valence-corrected chi connectivity index (χ3v) is 2.09. The van der Waals surface area contributed by atoms with Gasteiger partial charge >= 0.3 is 0 Å². The molecule has 2 nitrogen and oxygen atoms in total. The van der Waals surface area contributed by atoms with E-state index in [1.807, 2.05) is 0 Å². The third-order valence-electron chi connectivity index (χ3n) is 1.20. The monoisotopic (exact) mass is 233 g/mol. The van der Waals surface area contributed by atoms with Crippen LogP contribution < -0.4 is 0 Å². The van der Waals surface area contributed by atoms with Crippen molar-refractivity contribution in [1.82, 2.24) is 4.98 Å². The van der Waals surface area contributed by atoms with Crippen LogP contribution in [0.15, 0.2) is 16.7 Å². The predicted octanol–water partition coefficient (Wildman–Crippen LogP) is 2.24. The highest BCUT2D eigenvalue weighted by Gasteiger charge is 2.00. The Morgan fingerprint density at radius 1 is 1.64 bits per heavy atom. The maximum Gasteiger partial charge on any atom is 0.130 e. The van der Waals surface area contributed by atoms with E-state index in [1.165, 1.54) is 0 Å². The highest BCUT2D eigenvalue weighted by atomic mass is 79.9. The molecular formula is C7H5BrClNO. The zero-order valence-corrected chi connectivity index (χ0v) is 7.89. The molecule has 0 spiro atoms. The fourth-order valence-electron chi connectivity index (χ4n) is 0.683. The molecule has 0 aliphatic heterocycles. The molecular weight excluding hydrogens is 229 g/mol. The Kier molecular flexibility index (Phi) is 3.02. The average molecular weight is 234 g/mol. The molecule has 0 N–H and O–H groups in total. The fourth-order valence-corrected chi connectivity index (χ4v) is 1.42. The number of rotatable bonds is 2. The number of nitrogens with zero attached hydrogens (tertiary/aromatic N) is 1. The summed E-state index contributed by atoms with van der Waals surface area (Å²) in [5, 5.41) is 0.423. The maximum absolute atomic E-state index is 10.1. The van der Waals surface area contributed by atoms with Gasteiger partial charge in [-0.2, -0.15) is 0 Å². The van der Waals surface area contributed by atoms with Crippen LogP contribution in [0.5, 0.6) is 0 Å². The summed E-state index contributed by atoms with van der Waals surface area (Å²) < 4.78 is 0.636. The zero-order chi connectivity index (χ0) is 8.27. The Morgan fingerprint density at radius 3 is 2.91 bits per heavy atom. The average Bonchev–Trinajstić information content (AvgIpc) is 1.95. The van der Waals surface area contributed by atoms with Crippen LogP contribution in [0.25, 0.3) is 0 Å². The minimum absolute atomic E-state index is 0.366. The standard InChI is InChI=1S/C7H5BrClNO/c8-7-5(3-4-11)1-2-6(9)10-7/h1-2,4H,3H2. The van der Waals surface area contributed by atoms with Gasteiger partial charge in [0.1, 0.15) is 16.0 Å². The maximum atomic E-state index is 10.1. The van der Waals surface area contributed by atoms with Gasteiger partial charge in [-0.1, -0.05) is 17.7 Å². The Morgan fingerprint density at radius 2 is 2.36 bits per heavy atom. The van der Waals surface area contributed by atoms with Crippen LogP contribution in [0, 0.1) is 0 Å². The Bertz CT molecular complexity index is 277. The summed E-state index contributed by atoms with van der Waals surface area (Å²) in [5.74, 6) is 0. The van der Waals surface area contributed by atoms with Gasteiger partial charge in [0.25, 0.3) is 0 Å². The van der Waals surface area contributed by atoms with Crippen molar-refractivity contribution in [1.29, 1.82) is 0 Å². The molecule has 0 aliphatic rings. The molecule has 0 aliphatic carbocycles. The van der Waals surface area contributed by atoms with Crippen LogP contribution in [0.4, 0.5) is 0 Å². The van der Waals surface area contributed by atoms with Crippen LogP contribution in [-0.4, -0.2) is 11.3 Å². The molecule has 1 aromatic rings. The molecule has 0 radical (unpaired) electrons. The van der Waals surface area contributed by atoms with Gasteiger partial charge in [0.2, 0.25) is 0 Å². The minimum atomic E-state index is 0.366. The molecule has 0 saturated heterocycles. The minimum Gasteiger partial charge on any atom is -0.303 e. The Hall–Kier alpha value is -0.410. The number of carbonyl (C=O) groups is 1. The zero-order valence-electron chi connectivity index (χ0n) is 5.55. The second kappa shape index (κ2) is 3.83. The fraction of sp³-hybridized carbons (Fsp3) is 0.143. The molecule has 1 aromatic heterocycles. The Labute approximate surface area is 77.7 Å². The first kappa shape index (κ1) is 8.68. The summed E-state index contributed by atoms with van der Waals surface area (Å²) in [5.41, 5.74) is 0.851. The van der Waals surface area contributed by atoms with Gasteiger partial charge in [-0.25, -0.2) is 4.98 Å². The summed E-state index contributed by atoms with van der Waals surface area (Å²) in [4.78, 5) is 14.0. The number of halogens is 2. The van der Waals surface area contributed by atoms with Crippen LogP contribution in [0.2, 0.25) is 5.15 Å². The van der Waals surface area contributed by atoms with Crippen molar-refractivity contribution in [2.75, 3.05) is 0 Å². The van der Waals surface area contributed by atoms with E-state index in [4.69, 9.17) is 11.6 Å². The lowest BCUT2D eigenvalue weighted by molar-refractivity contribution is -0.107. The van der Waals surface area contributed by atoms with Gasteiger partial charge in [0.15, 0.2) is 0 Å². The molecule has 11 heavy (non-hydrogen) atoms. The van der Waals surface area contributed by atoms with Gasteiger partial charge < -0.3 is 4.79 Å². The summed E-state index contributed by atoms with van der Waals surface area (Å²) in [6, 6.07) is 3.43. The van der Waals surface area contributed by atoms with Gasteiger partial charge in [-0.05, 0) is 27.6 Å². The van der Waals surface area contributed by atoms with Crippen molar-refractivity contribution in [2.24, 2.45) is 0 Å². The lowest BCUT2D eigenvalue weighted by Crippen LogP contribution is -1.89. The Balaban J connectivity index is 2.98. The summed E-state index contributed by atoms with van der Waals surface area (Å²) >= 11 is 8.78. The van der Waals surface area contributed by atoms with Crippen molar-refractivity contribution in [3.63, 3.8) is 0 Å². The number of carbonyl (C=O) groups excluding carboxylic acids is 1. The highest BCUT2D eigenvalue weighted by Crippen LogP contribution is 2.16. The summed E-state index contributed by atoms with van der Waals surface area (Å²) in [7, 11) is 0. The highest BCUT2D eigenvalue weighted by molar-refractivity contribution is 9.10.